The molecule has 0 heterocycles. The maximum absolute atomic E-state index is 13.2. The third kappa shape index (κ3) is 6.59. The number of unbranched alkanes of at least 4 members (excludes halogenated alkanes) is 5. The van der Waals surface area contributed by atoms with Crippen molar-refractivity contribution in [3.63, 3.8) is 0 Å². The van der Waals surface area contributed by atoms with Crippen LogP contribution in [0.4, 0.5) is 4.39 Å². The number of rotatable bonds is 9. The molecule has 0 saturated carbocycles. The van der Waals surface area contributed by atoms with Crippen molar-refractivity contribution in [1.29, 1.82) is 0 Å². The SMILES string of the molecule is CCCCCCCCOc1cc(F)cc(B(O)O)c1. The molecule has 1 aromatic rings. The zero-order chi connectivity index (χ0) is 14.1. The summed E-state index contributed by atoms with van der Waals surface area (Å²) in [6.07, 6.45) is 6.97. The highest BCUT2D eigenvalue weighted by atomic mass is 19.1. The van der Waals surface area contributed by atoms with Crippen LogP contribution < -0.4 is 10.2 Å². The normalized spacial score (nSPS) is 10.5. The van der Waals surface area contributed by atoms with Crippen LogP contribution in [0.5, 0.6) is 5.75 Å². The van der Waals surface area contributed by atoms with Crippen LogP contribution in [0, 0.1) is 5.82 Å². The number of ether oxygens (including phenoxy) is 1. The van der Waals surface area contributed by atoms with Gasteiger partial charge in [-0.25, -0.2) is 4.39 Å². The summed E-state index contributed by atoms with van der Waals surface area (Å²) in [7, 11) is -1.67. The van der Waals surface area contributed by atoms with Gasteiger partial charge >= 0.3 is 7.12 Å². The fourth-order valence-electron chi connectivity index (χ4n) is 1.89. The Hall–Kier alpha value is -1.07. The molecule has 2 N–H and O–H groups in total. The maximum atomic E-state index is 13.2. The fraction of sp³-hybridized carbons (Fsp3) is 0.571. The first-order valence-corrected chi connectivity index (χ1v) is 6.93. The second kappa shape index (κ2) is 8.94. The lowest BCUT2D eigenvalue weighted by Gasteiger charge is -2.08. The zero-order valence-electron chi connectivity index (χ0n) is 11.4. The highest BCUT2D eigenvalue weighted by Gasteiger charge is 2.13. The zero-order valence-corrected chi connectivity index (χ0v) is 11.4. The Morgan fingerprint density at radius 2 is 1.74 bits per heavy atom. The van der Waals surface area contributed by atoms with E-state index in [1.807, 2.05) is 0 Å². The van der Waals surface area contributed by atoms with Crippen LogP contribution in [0.1, 0.15) is 45.4 Å². The highest BCUT2D eigenvalue weighted by Crippen LogP contribution is 2.12. The van der Waals surface area contributed by atoms with Gasteiger partial charge in [0.05, 0.1) is 6.61 Å². The van der Waals surface area contributed by atoms with Gasteiger partial charge in [-0.2, -0.15) is 0 Å². The van der Waals surface area contributed by atoms with E-state index in [-0.39, 0.29) is 5.46 Å². The van der Waals surface area contributed by atoms with Gasteiger partial charge in [0.25, 0.3) is 0 Å². The molecule has 0 fully saturated rings. The van der Waals surface area contributed by atoms with E-state index in [4.69, 9.17) is 14.8 Å². The van der Waals surface area contributed by atoms with Crippen LogP contribution >= 0.6 is 0 Å². The van der Waals surface area contributed by atoms with Crippen molar-refractivity contribution in [2.45, 2.75) is 45.4 Å². The Labute approximate surface area is 114 Å². The first kappa shape index (κ1) is 16.0. The van der Waals surface area contributed by atoms with Gasteiger partial charge < -0.3 is 14.8 Å². The van der Waals surface area contributed by atoms with Crippen molar-refractivity contribution < 1.29 is 19.2 Å². The van der Waals surface area contributed by atoms with Crippen molar-refractivity contribution >= 4 is 12.6 Å². The smallest absolute Gasteiger partial charge is 0.488 e. The van der Waals surface area contributed by atoms with E-state index >= 15 is 0 Å². The van der Waals surface area contributed by atoms with E-state index in [9.17, 15) is 4.39 Å². The number of benzene rings is 1. The molecule has 5 heteroatoms. The molecule has 106 valence electrons. The van der Waals surface area contributed by atoms with Gasteiger partial charge in [0.1, 0.15) is 11.6 Å². The molecule has 0 aliphatic rings. The molecule has 1 aromatic carbocycles. The first-order valence-electron chi connectivity index (χ1n) is 6.93. The molecule has 0 atom stereocenters. The number of hydrogen-bond donors (Lipinski definition) is 2. The fourth-order valence-corrected chi connectivity index (χ4v) is 1.89. The van der Waals surface area contributed by atoms with Crippen LogP contribution in [0.15, 0.2) is 18.2 Å². The Bertz CT molecular complexity index is 372. The monoisotopic (exact) mass is 268 g/mol. The van der Waals surface area contributed by atoms with E-state index in [1.165, 1.54) is 37.8 Å². The van der Waals surface area contributed by atoms with Crippen molar-refractivity contribution in [2.24, 2.45) is 0 Å². The molecule has 0 spiro atoms. The molecular weight excluding hydrogens is 246 g/mol. The second-order valence-corrected chi connectivity index (χ2v) is 4.71. The number of halogens is 1. The van der Waals surface area contributed by atoms with Crippen LogP contribution in [0.3, 0.4) is 0 Å². The summed E-state index contributed by atoms with van der Waals surface area (Å²) in [6, 6.07) is 3.79. The molecule has 0 unspecified atom stereocenters. The molecule has 0 radical (unpaired) electrons. The molecule has 3 nitrogen and oxygen atoms in total. The van der Waals surface area contributed by atoms with Crippen molar-refractivity contribution in [3.8, 4) is 5.75 Å². The van der Waals surface area contributed by atoms with E-state index in [1.54, 1.807) is 0 Å². The maximum Gasteiger partial charge on any atom is 0.488 e. The van der Waals surface area contributed by atoms with Crippen LogP contribution in [0.25, 0.3) is 0 Å². The van der Waals surface area contributed by atoms with E-state index in [0.717, 1.165) is 18.9 Å². The van der Waals surface area contributed by atoms with E-state index in [0.29, 0.717) is 12.4 Å². The molecular formula is C14H22BFO3. The van der Waals surface area contributed by atoms with Crippen LogP contribution in [-0.4, -0.2) is 23.8 Å². The van der Waals surface area contributed by atoms with Gasteiger partial charge in [0, 0.05) is 6.07 Å². The highest BCUT2D eigenvalue weighted by molar-refractivity contribution is 6.58. The first-order chi connectivity index (χ1) is 9.13. The van der Waals surface area contributed by atoms with Crippen LogP contribution in [0.2, 0.25) is 0 Å². The summed E-state index contributed by atoms with van der Waals surface area (Å²) in [6.45, 7) is 2.71. The lowest BCUT2D eigenvalue weighted by atomic mass is 9.80. The topological polar surface area (TPSA) is 49.7 Å². The van der Waals surface area contributed by atoms with E-state index in [2.05, 4.69) is 6.92 Å². The van der Waals surface area contributed by atoms with Crippen molar-refractivity contribution in [1.82, 2.24) is 0 Å². The standard InChI is InChI=1S/C14H22BFO3/c1-2-3-4-5-6-7-8-19-14-10-12(15(17)18)9-13(16)11-14/h9-11,17-18H,2-8H2,1H3. The minimum absolute atomic E-state index is 0.109. The Kier molecular flexibility index (Phi) is 7.52. The quantitative estimate of drug-likeness (QED) is 0.533. The second-order valence-electron chi connectivity index (χ2n) is 4.71. The Morgan fingerprint density at radius 1 is 1.05 bits per heavy atom. The van der Waals surface area contributed by atoms with Gasteiger partial charge in [0.15, 0.2) is 0 Å². The minimum atomic E-state index is -1.67. The predicted octanol–water partition coefficient (Wildman–Crippen LogP) is 2.24. The minimum Gasteiger partial charge on any atom is -0.494 e. The van der Waals surface area contributed by atoms with Gasteiger partial charge in [-0.3, -0.25) is 0 Å². The summed E-state index contributed by atoms with van der Waals surface area (Å²) >= 11 is 0. The Morgan fingerprint density at radius 3 is 2.42 bits per heavy atom. The summed E-state index contributed by atoms with van der Waals surface area (Å²) in [5.74, 6) is -0.180. The van der Waals surface area contributed by atoms with Crippen molar-refractivity contribution in [2.75, 3.05) is 6.61 Å². The van der Waals surface area contributed by atoms with Gasteiger partial charge in [0.2, 0.25) is 0 Å². The largest absolute Gasteiger partial charge is 0.494 e. The van der Waals surface area contributed by atoms with Crippen molar-refractivity contribution in [3.05, 3.63) is 24.0 Å². The lowest BCUT2D eigenvalue weighted by molar-refractivity contribution is 0.303. The molecule has 0 bridgehead atoms. The Balaban J connectivity index is 2.29. The third-order valence-electron chi connectivity index (χ3n) is 2.96. The summed E-state index contributed by atoms with van der Waals surface area (Å²) in [5.41, 5.74) is 0.109. The van der Waals surface area contributed by atoms with Gasteiger partial charge in [-0.05, 0) is 24.0 Å². The summed E-state index contributed by atoms with van der Waals surface area (Å²) < 4.78 is 18.6. The van der Waals surface area contributed by atoms with E-state index < -0.39 is 12.9 Å². The molecule has 19 heavy (non-hydrogen) atoms. The predicted molar refractivity (Wildman–Crippen MR) is 75.1 cm³/mol. The van der Waals surface area contributed by atoms with Crippen LogP contribution in [-0.2, 0) is 0 Å². The average Bonchev–Trinajstić information content (AvgIpc) is 2.37. The summed E-state index contributed by atoms with van der Waals surface area (Å²) in [5, 5.41) is 18.0. The molecule has 0 aliphatic carbocycles. The molecule has 1 rings (SSSR count). The molecule has 0 aliphatic heterocycles. The molecule has 0 amide bonds. The van der Waals surface area contributed by atoms with Gasteiger partial charge in [-0.1, -0.05) is 39.0 Å². The summed E-state index contributed by atoms with van der Waals surface area (Å²) in [4.78, 5) is 0. The molecule has 0 saturated heterocycles. The lowest BCUT2D eigenvalue weighted by Crippen LogP contribution is -2.30. The average molecular weight is 268 g/mol. The number of hydrogen-bond acceptors (Lipinski definition) is 3. The van der Waals surface area contributed by atoms with Gasteiger partial charge in [-0.15, -0.1) is 0 Å². The third-order valence-corrected chi connectivity index (χ3v) is 2.96. The molecule has 0 aromatic heterocycles.